The van der Waals surface area contributed by atoms with Gasteiger partial charge in [0.15, 0.2) is 5.65 Å². The molecule has 4 aliphatic rings. The molecule has 2 saturated heterocycles. The molecule has 12 nitrogen and oxygen atoms in total. The first-order valence-corrected chi connectivity index (χ1v) is 15.1. The number of pyridine rings is 1. The van der Waals surface area contributed by atoms with E-state index in [0.29, 0.717) is 44.5 Å². The highest BCUT2D eigenvalue weighted by Gasteiger charge is 2.54. The van der Waals surface area contributed by atoms with Gasteiger partial charge >= 0.3 is 0 Å². The second kappa shape index (κ2) is 11.6. The van der Waals surface area contributed by atoms with Gasteiger partial charge in [0.25, 0.3) is 17.4 Å². The van der Waals surface area contributed by atoms with Gasteiger partial charge in [0.2, 0.25) is 0 Å². The number of hydrogen-bond acceptors (Lipinski definition) is 9. The molecule has 6 rings (SSSR count). The fourth-order valence-corrected chi connectivity index (χ4v) is 6.39. The minimum Gasteiger partial charge on any atom is -0.381 e. The van der Waals surface area contributed by atoms with Crippen LogP contribution in [0.15, 0.2) is 18.5 Å². The third-order valence-corrected chi connectivity index (χ3v) is 9.10. The fourth-order valence-electron chi connectivity index (χ4n) is 6.39. The lowest BCUT2D eigenvalue weighted by Crippen LogP contribution is -2.63. The molecule has 2 amide bonds. The molecule has 0 atom stereocenters. The number of amides is 2. The molecular formula is C29H43N9O3. The molecule has 0 radical (unpaired) electrons. The van der Waals surface area contributed by atoms with Gasteiger partial charge in [0.1, 0.15) is 0 Å². The van der Waals surface area contributed by atoms with E-state index >= 15 is 0 Å². The average Bonchev–Trinajstić information content (AvgIpc) is 3.64. The number of fused-ring (bicyclic) bond motifs is 1. The summed E-state index contributed by atoms with van der Waals surface area (Å²) >= 11 is 0. The lowest BCUT2D eigenvalue weighted by atomic mass is 9.94. The lowest BCUT2D eigenvalue weighted by Gasteiger charge is -2.40. The first kappa shape index (κ1) is 27.9. The predicted octanol–water partition coefficient (Wildman–Crippen LogP) is 1.36. The Hall–Kier alpha value is -3.22. The molecule has 41 heavy (non-hydrogen) atoms. The molecule has 12 heteroatoms. The number of carbonyl (C=O) groups excluding carboxylic acids is 2. The van der Waals surface area contributed by atoms with E-state index in [9.17, 15) is 9.59 Å². The molecule has 0 spiro atoms. The van der Waals surface area contributed by atoms with Gasteiger partial charge in [-0.2, -0.15) is 5.10 Å². The van der Waals surface area contributed by atoms with Crippen molar-refractivity contribution in [2.24, 2.45) is 0 Å². The third kappa shape index (κ3) is 5.28. The monoisotopic (exact) mass is 565 g/mol. The Morgan fingerprint density at radius 3 is 2.15 bits per heavy atom. The summed E-state index contributed by atoms with van der Waals surface area (Å²) in [5.74, 6) is -0.627. The second-order valence-corrected chi connectivity index (χ2v) is 11.9. The summed E-state index contributed by atoms with van der Waals surface area (Å²) in [4.78, 5) is 47.2. The van der Waals surface area contributed by atoms with E-state index in [1.54, 1.807) is 22.1 Å². The number of piperazine rings is 2. The van der Waals surface area contributed by atoms with Crippen molar-refractivity contribution in [3.63, 3.8) is 0 Å². The summed E-state index contributed by atoms with van der Waals surface area (Å²) in [6, 6.07) is 0.338. The Kier molecular flexibility index (Phi) is 7.88. The zero-order valence-corrected chi connectivity index (χ0v) is 24.6. The maximum absolute atomic E-state index is 14.2. The van der Waals surface area contributed by atoms with E-state index in [-0.39, 0.29) is 11.8 Å². The first-order valence-electron chi connectivity index (χ1n) is 15.1. The number of hydroxylamine groups is 1. The number of nitrogens with zero attached hydrogens (tertiary/aromatic N) is 7. The van der Waals surface area contributed by atoms with Gasteiger partial charge in [-0.25, -0.2) is 14.5 Å². The minimum atomic E-state index is -1.77. The van der Waals surface area contributed by atoms with Crippen molar-refractivity contribution in [1.29, 1.82) is 0 Å². The zero-order valence-electron chi connectivity index (χ0n) is 24.6. The molecule has 2 N–H and O–H groups in total. The Morgan fingerprint density at radius 2 is 1.56 bits per heavy atom. The summed E-state index contributed by atoms with van der Waals surface area (Å²) in [6.07, 6.45) is 11.2. The number of carbonyl (C=O) groups is 2. The summed E-state index contributed by atoms with van der Waals surface area (Å²) < 4.78 is 1.89. The molecule has 5 heterocycles. The van der Waals surface area contributed by atoms with Crippen molar-refractivity contribution in [1.82, 2.24) is 39.8 Å². The second-order valence-electron chi connectivity index (χ2n) is 11.9. The van der Waals surface area contributed by atoms with E-state index in [2.05, 4.69) is 25.7 Å². The Bertz CT molecular complexity index is 1270. The largest absolute Gasteiger partial charge is 0.381 e. The maximum Gasteiger partial charge on any atom is 0.272 e. The molecule has 3 fully saturated rings. The topological polar surface area (TPSA) is 111 Å². The van der Waals surface area contributed by atoms with E-state index in [1.807, 2.05) is 31.9 Å². The maximum atomic E-state index is 14.2. The van der Waals surface area contributed by atoms with E-state index in [1.165, 1.54) is 19.3 Å². The summed E-state index contributed by atoms with van der Waals surface area (Å²) in [6.45, 7) is 8.00. The van der Waals surface area contributed by atoms with Crippen molar-refractivity contribution in [3.05, 3.63) is 24.0 Å². The summed E-state index contributed by atoms with van der Waals surface area (Å²) in [7, 11) is 4.09. The quantitative estimate of drug-likeness (QED) is 0.502. The van der Waals surface area contributed by atoms with Crippen molar-refractivity contribution in [2.45, 2.75) is 57.2 Å². The van der Waals surface area contributed by atoms with Crippen molar-refractivity contribution in [2.75, 3.05) is 71.8 Å². The molecule has 0 unspecified atom stereocenters. The molecule has 2 aromatic heterocycles. The van der Waals surface area contributed by atoms with Gasteiger partial charge in [0, 0.05) is 76.7 Å². The molecule has 3 aliphatic heterocycles. The van der Waals surface area contributed by atoms with Gasteiger partial charge in [-0.15, -0.1) is 0 Å². The number of aryl methyl sites for hydroxylation is 1. The minimum absolute atomic E-state index is 0.313. The van der Waals surface area contributed by atoms with Crippen LogP contribution in [0.3, 0.4) is 0 Å². The van der Waals surface area contributed by atoms with E-state index in [4.69, 9.17) is 9.82 Å². The number of anilines is 1. The number of hydrogen-bond donors (Lipinski definition) is 2. The van der Waals surface area contributed by atoms with Crippen LogP contribution in [-0.4, -0.2) is 124 Å². The normalized spacial score (nSPS) is 22.6. The predicted molar refractivity (Wildman–Crippen MR) is 157 cm³/mol. The molecule has 0 aromatic carbocycles. The Morgan fingerprint density at radius 1 is 0.951 bits per heavy atom. The van der Waals surface area contributed by atoms with E-state index < -0.39 is 5.60 Å². The summed E-state index contributed by atoms with van der Waals surface area (Å²) in [5, 5.41) is 9.29. The zero-order chi connectivity index (χ0) is 28.6. The molecule has 0 bridgehead atoms. The van der Waals surface area contributed by atoms with Crippen LogP contribution in [0.25, 0.3) is 16.7 Å². The molecule has 222 valence electrons. The fraction of sp³-hybridized carbons (Fsp3) is 0.655. The molecular weight excluding hydrogens is 522 g/mol. The van der Waals surface area contributed by atoms with Gasteiger partial charge in [0.05, 0.1) is 23.0 Å². The highest BCUT2D eigenvalue weighted by molar-refractivity contribution is 6.13. The van der Waals surface area contributed by atoms with Crippen molar-refractivity contribution in [3.8, 4) is 0 Å². The van der Waals surface area contributed by atoms with Crippen LogP contribution < -0.4 is 10.8 Å². The summed E-state index contributed by atoms with van der Waals surface area (Å²) in [5.41, 5.74) is 4.33. The lowest BCUT2D eigenvalue weighted by molar-refractivity contribution is -0.172. The number of rotatable bonds is 6. The van der Waals surface area contributed by atoms with E-state index in [0.717, 1.165) is 61.3 Å². The molecule has 1 aliphatic carbocycles. The van der Waals surface area contributed by atoms with Gasteiger partial charge in [-0.1, -0.05) is 19.3 Å². The molecule has 1 saturated carbocycles. The number of likely N-dealkylation sites (N-methyl/N-ethyl adjacent to an activating group) is 2. The van der Waals surface area contributed by atoms with Crippen molar-refractivity contribution < 1.29 is 14.4 Å². The average molecular weight is 566 g/mol. The molecule has 2 aromatic rings. The van der Waals surface area contributed by atoms with Crippen LogP contribution in [0.1, 0.15) is 44.6 Å². The van der Waals surface area contributed by atoms with Crippen LogP contribution in [0, 0.1) is 0 Å². The van der Waals surface area contributed by atoms with Gasteiger partial charge < -0.3 is 24.9 Å². The number of nitrogens with one attached hydrogen (secondary N) is 2. The Labute approximate surface area is 241 Å². The standard InChI is InChI=1S/C29H43N9O3/c1-4-38-26-23(20-31-38)25(32-21-8-6-5-7-9-21)22(19-30-26)24-18-29(41-33-24,27(39)36-14-10-34(2)11-15-36)28(40)37-16-12-35(3)13-17-37/h18-21,33H,4-17H2,1-3H3,(H,30,32). The van der Waals surface area contributed by atoms with Gasteiger partial charge in [-0.3, -0.25) is 15.1 Å². The first-order chi connectivity index (χ1) is 19.9. The third-order valence-electron chi connectivity index (χ3n) is 9.10. The van der Waals surface area contributed by atoms with Crippen LogP contribution in [0.4, 0.5) is 5.69 Å². The van der Waals surface area contributed by atoms with Crippen LogP contribution in [0.2, 0.25) is 0 Å². The van der Waals surface area contributed by atoms with Crippen LogP contribution in [-0.2, 0) is 21.0 Å². The smallest absolute Gasteiger partial charge is 0.272 e. The highest BCUT2D eigenvalue weighted by atomic mass is 16.7. The Balaban J connectivity index is 1.40. The van der Waals surface area contributed by atoms with Crippen LogP contribution in [0.5, 0.6) is 0 Å². The highest BCUT2D eigenvalue weighted by Crippen LogP contribution is 2.37. The number of aromatic nitrogens is 3. The van der Waals surface area contributed by atoms with Crippen LogP contribution >= 0.6 is 0 Å². The van der Waals surface area contributed by atoms with Crippen molar-refractivity contribution >= 4 is 34.2 Å². The van der Waals surface area contributed by atoms with Gasteiger partial charge in [-0.05, 0) is 39.9 Å². The SMILES string of the molecule is CCn1ncc2c(NC3CCCCC3)c(C3=CC(C(=O)N4CCN(C)CC4)(C(=O)N4CCN(C)CC4)ON3)cnc21.